The van der Waals surface area contributed by atoms with E-state index < -0.39 is 12.4 Å². The second kappa shape index (κ2) is 13.1. The van der Waals surface area contributed by atoms with E-state index in [-0.39, 0.29) is 22.9 Å². The lowest BCUT2D eigenvalue weighted by Gasteiger charge is -2.22. The number of carbonyl (C=O) groups is 2. The van der Waals surface area contributed by atoms with Crippen molar-refractivity contribution in [3.8, 4) is 22.8 Å². The third-order valence-corrected chi connectivity index (χ3v) is 7.80. The fraction of sp³-hybridized carbons (Fsp3) is 0.281. The number of amides is 3. The Morgan fingerprint density at radius 3 is 2.56 bits per heavy atom. The van der Waals surface area contributed by atoms with Crippen LogP contribution < -0.4 is 15.0 Å². The highest BCUT2D eigenvalue weighted by atomic mass is 32.2. The summed E-state index contributed by atoms with van der Waals surface area (Å²) in [5.74, 6) is 0.983. The summed E-state index contributed by atoms with van der Waals surface area (Å²) in [5, 5.41) is 7.20. The van der Waals surface area contributed by atoms with Crippen molar-refractivity contribution in [2.24, 2.45) is 4.99 Å². The molecule has 0 saturated carbocycles. The fourth-order valence-corrected chi connectivity index (χ4v) is 5.72. The van der Waals surface area contributed by atoms with E-state index in [1.807, 2.05) is 56.3 Å². The number of nitrogens with one attached hydrogen (secondary N) is 1. The van der Waals surface area contributed by atoms with Crippen LogP contribution in [0.4, 0.5) is 28.4 Å². The third kappa shape index (κ3) is 7.90. The van der Waals surface area contributed by atoms with Crippen LogP contribution in [0.5, 0.6) is 5.75 Å². The van der Waals surface area contributed by atoms with Gasteiger partial charge in [0.1, 0.15) is 17.9 Å². The third-order valence-electron chi connectivity index (χ3n) is 6.97. The molecule has 0 radical (unpaired) electrons. The van der Waals surface area contributed by atoms with Gasteiger partial charge in [0, 0.05) is 11.6 Å². The Morgan fingerprint density at radius 2 is 1.84 bits per heavy atom. The number of carbonyl (C=O) groups excluding carboxylic acids is 2. The number of urea groups is 1. The maximum Gasteiger partial charge on any atom is 0.573 e. The van der Waals surface area contributed by atoms with Crippen molar-refractivity contribution in [1.29, 1.82) is 0 Å². The van der Waals surface area contributed by atoms with Gasteiger partial charge in [0.05, 0.1) is 17.1 Å². The lowest BCUT2D eigenvalue weighted by atomic mass is 9.99. The van der Waals surface area contributed by atoms with Crippen LogP contribution in [0, 0.1) is 6.92 Å². The van der Waals surface area contributed by atoms with E-state index in [4.69, 9.17) is 0 Å². The first-order valence-corrected chi connectivity index (χ1v) is 15.2. The summed E-state index contributed by atoms with van der Waals surface area (Å²) in [5.41, 5.74) is 4.94. The van der Waals surface area contributed by atoms with Crippen molar-refractivity contribution < 1.29 is 27.5 Å². The zero-order chi connectivity index (χ0) is 32.3. The molecule has 1 N–H and O–H groups in total. The Kier molecular flexibility index (Phi) is 9.28. The lowest BCUT2D eigenvalue weighted by Crippen LogP contribution is -2.35. The predicted molar refractivity (Wildman–Crippen MR) is 168 cm³/mol. The number of amidine groups is 1. The Morgan fingerprint density at radius 1 is 1.09 bits per heavy atom. The number of alkyl halides is 3. The van der Waals surface area contributed by atoms with Crippen LogP contribution in [0.25, 0.3) is 17.1 Å². The van der Waals surface area contributed by atoms with Gasteiger partial charge in [0.2, 0.25) is 0 Å². The van der Waals surface area contributed by atoms with Gasteiger partial charge in [-0.3, -0.25) is 9.69 Å². The van der Waals surface area contributed by atoms with Gasteiger partial charge in [-0.2, -0.15) is 4.99 Å². The second-order valence-electron chi connectivity index (χ2n) is 10.9. The standard InChI is InChI=1S/C32H31F3N6O3S/c1-19(2)26-13-8-20(3)14-27(26)41-28(17-45-31(41)43)38-30(42)37-21(4)15-22-6-5-7-23(16-22)29-36-18-40(39-29)24-9-11-25(12-10-24)44-32(33,34)35/h5-14,16,18-19,21H,15,17H2,1-4H3,(H,37,42)/b38-28+. The minimum Gasteiger partial charge on any atom is -0.406 e. The van der Waals surface area contributed by atoms with E-state index in [1.165, 1.54) is 40.2 Å². The van der Waals surface area contributed by atoms with Crippen molar-refractivity contribution in [2.45, 2.75) is 52.4 Å². The number of nitrogens with zero attached hydrogens (tertiary/aromatic N) is 5. The van der Waals surface area contributed by atoms with Crippen LogP contribution >= 0.6 is 11.8 Å². The minimum absolute atomic E-state index is 0.164. The molecule has 45 heavy (non-hydrogen) atoms. The molecule has 1 fully saturated rings. The fourth-order valence-electron chi connectivity index (χ4n) is 4.94. The van der Waals surface area contributed by atoms with Crippen molar-refractivity contribution in [3.63, 3.8) is 0 Å². The number of aromatic nitrogens is 3. The molecule has 1 aliphatic heterocycles. The van der Waals surface area contributed by atoms with E-state index in [1.54, 1.807) is 0 Å². The molecule has 0 bridgehead atoms. The summed E-state index contributed by atoms with van der Waals surface area (Å²) < 4.78 is 42.7. The number of ether oxygens (including phenoxy) is 1. The molecule has 0 spiro atoms. The highest BCUT2D eigenvalue weighted by Crippen LogP contribution is 2.34. The summed E-state index contributed by atoms with van der Waals surface area (Å²) in [6.07, 6.45) is -2.80. The average molecular weight is 637 g/mol. The Bertz CT molecular complexity index is 1740. The maximum absolute atomic E-state index is 13.0. The molecule has 9 nitrogen and oxygen atoms in total. The van der Waals surface area contributed by atoms with Crippen molar-refractivity contribution in [3.05, 3.63) is 89.7 Å². The first-order chi connectivity index (χ1) is 21.4. The largest absolute Gasteiger partial charge is 0.573 e. The number of anilines is 1. The smallest absolute Gasteiger partial charge is 0.406 e. The molecule has 1 aromatic heterocycles. The highest BCUT2D eigenvalue weighted by molar-refractivity contribution is 8.15. The Labute approximate surface area is 262 Å². The quantitative estimate of drug-likeness (QED) is 0.213. The number of thioether (sulfide) groups is 1. The van der Waals surface area contributed by atoms with Crippen LogP contribution in [-0.2, 0) is 6.42 Å². The number of hydrogen-bond acceptors (Lipinski definition) is 6. The molecule has 5 rings (SSSR count). The lowest BCUT2D eigenvalue weighted by molar-refractivity contribution is -0.274. The van der Waals surface area contributed by atoms with E-state index >= 15 is 0 Å². The van der Waals surface area contributed by atoms with Gasteiger partial charge in [-0.15, -0.1) is 18.3 Å². The molecule has 3 aromatic carbocycles. The SMILES string of the molecule is Cc1ccc(C(C)C)c(N2C(=O)SC/C2=N\C(=O)NC(C)Cc2cccc(-c3ncn(-c4ccc(OC(F)(F)F)cc4)n3)c2)c1. The topological polar surface area (TPSA) is 102 Å². The number of benzene rings is 3. The molecule has 1 atom stereocenters. The van der Waals surface area contributed by atoms with Gasteiger partial charge in [-0.1, -0.05) is 55.9 Å². The molecular weight excluding hydrogens is 605 g/mol. The van der Waals surface area contributed by atoms with Crippen LogP contribution in [0.2, 0.25) is 0 Å². The van der Waals surface area contributed by atoms with Gasteiger partial charge in [-0.05, 0) is 79.3 Å². The van der Waals surface area contributed by atoms with Crippen molar-refractivity contribution in [2.75, 3.05) is 10.7 Å². The van der Waals surface area contributed by atoms with Gasteiger partial charge in [-0.25, -0.2) is 14.5 Å². The monoisotopic (exact) mass is 636 g/mol. The van der Waals surface area contributed by atoms with Crippen molar-refractivity contribution >= 4 is 34.6 Å². The number of rotatable bonds is 8. The van der Waals surface area contributed by atoms with Crippen LogP contribution in [0.1, 0.15) is 43.4 Å². The number of halogens is 3. The normalized spacial score (nSPS) is 15.2. The average Bonchev–Trinajstić information content (AvgIpc) is 3.59. The minimum atomic E-state index is -4.77. The Balaban J connectivity index is 1.24. The summed E-state index contributed by atoms with van der Waals surface area (Å²) in [6, 6.07) is 18.0. The van der Waals surface area contributed by atoms with Gasteiger partial charge >= 0.3 is 12.4 Å². The van der Waals surface area contributed by atoms with Crippen LogP contribution in [-0.4, -0.2) is 50.0 Å². The maximum atomic E-state index is 13.0. The molecule has 1 unspecified atom stereocenters. The number of aryl methyl sites for hydroxylation is 1. The first-order valence-electron chi connectivity index (χ1n) is 14.2. The molecule has 2 heterocycles. The number of aliphatic imine (C=N–C) groups is 1. The molecular formula is C32H31F3N6O3S. The van der Waals surface area contributed by atoms with Crippen LogP contribution in [0.15, 0.2) is 78.0 Å². The van der Waals surface area contributed by atoms with E-state index in [0.29, 0.717) is 29.5 Å². The summed E-state index contributed by atoms with van der Waals surface area (Å²) in [6.45, 7) is 7.95. The zero-order valence-corrected chi connectivity index (χ0v) is 25.8. The van der Waals surface area contributed by atoms with E-state index in [9.17, 15) is 22.8 Å². The van der Waals surface area contributed by atoms with E-state index in [2.05, 4.69) is 39.0 Å². The molecule has 3 amide bonds. The van der Waals surface area contributed by atoms with Crippen LogP contribution in [0.3, 0.4) is 0 Å². The second-order valence-corrected chi connectivity index (χ2v) is 11.9. The molecule has 0 aliphatic carbocycles. The predicted octanol–water partition coefficient (Wildman–Crippen LogP) is 7.68. The zero-order valence-electron chi connectivity index (χ0n) is 25.0. The Hall–Kier alpha value is -4.65. The van der Waals surface area contributed by atoms with E-state index in [0.717, 1.165) is 39.7 Å². The summed E-state index contributed by atoms with van der Waals surface area (Å²) in [4.78, 5) is 35.9. The number of hydrogen-bond donors (Lipinski definition) is 1. The van der Waals surface area contributed by atoms with Gasteiger partial charge < -0.3 is 10.1 Å². The highest BCUT2D eigenvalue weighted by Gasteiger charge is 2.33. The first kappa shape index (κ1) is 31.8. The van der Waals surface area contributed by atoms with Gasteiger partial charge in [0.15, 0.2) is 5.82 Å². The molecule has 13 heteroatoms. The molecule has 1 aliphatic rings. The molecule has 1 saturated heterocycles. The summed E-state index contributed by atoms with van der Waals surface area (Å²) in [7, 11) is 0. The van der Waals surface area contributed by atoms with Crippen molar-refractivity contribution in [1.82, 2.24) is 20.1 Å². The molecule has 4 aromatic rings. The molecule has 234 valence electrons. The summed E-state index contributed by atoms with van der Waals surface area (Å²) >= 11 is 1.12. The van der Waals surface area contributed by atoms with Gasteiger partial charge in [0.25, 0.3) is 5.24 Å².